The van der Waals surface area contributed by atoms with Gasteiger partial charge in [0.1, 0.15) is 18.2 Å². The summed E-state index contributed by atoms with van der Waals surface area (Å²) in [7, 11) is -1.09. The lowest BCUT2D eigenvalue weighted by Gasteiger charge is -2.16. The van der Waals surface area contributed by atoms with E-state index in [1.54, 1.807) is 12.4 Å². The maximum Gasteiger partial charge on any atom is 0.142 e. The van der Waals surface area contributed by atoms with Crippen molar-refractivity contribution in [3.05, 3.63) is 29.0 Å². The number of aromatic nitrogens is 3. The van der Waals surface area contributed by atoms with E-state index in [-0.39, 0.29) is 0 Å². The number of hydrogen-bond acceptors (Lipinski definition) is 4. The first-order valence-corrected chi connectivity index (χ1v) is 12.1. The van der Waals surface area contributed by atoms with E-state index in [0.29, 0.717) is 12.5 Å². The molecule has 3 rings (SSSR count). The van der Waals surface area contributed by atoms with E-state index in [2.05, 4.69) is 56.2 Å². The summed E-state index contributed by atoms with van der Waals surface area (Å²) in [5.74, 6) is 0.510. The quantitative estimate of drug-likeness (QED) is 0.520. The number of nitrogens with two attached hydrogens (primary N) is 1. The minimum Gasteiger partial charge on any atom is -0.384 e. The molecule has 23 heavy (non-hydrogen) atoms. The van der Waals surface area contributed by atoms with Crippen LogP contribution in [-0.2, 0) is 11.5 Å². The topological polar surface area (TPSA) is 66.0 Å². The van der Waals surface area contributed by atoms with E-state index in [1.807, 2.05) is 6.07 Å². The maximum absolute atomic E-state index is 5.92. The summed E-state index contributed by atoms with van der Waals surface area (Å²) in [6.07, 6.45) is 3.60. The van der Waals surface area contributed by atoms with E-state index >= 15 is 0 Å². The number of hydrogen-bond donors (Lipinski definition) is 1. The number of fused-ring (bicyclic) bond motifs is 3. The van der Waals surface area contributed by atoms with Crippen LogP contribution in [0, 0.1) is 0 Å². The minimum absolute atomic E-state index is 0.477. The predicted octanol–water partition coefficient (Wildman–Crippen LogP) is 4.24. The zero-order valence-corrected chi connectivity index (χ0v) is 16.2. The van der Waals surface area contributed by atoms with Gasteiger partial charge in [-0.15, -0.1) is 0 Å². The van der Waals surface area contributed by atoms with Crippen molar-refractivity contribution >= 4 is 51.8 Å². The summed E-state index contributed by atoms with van der Waals surface area (Å²) in [5, 5.41) is 2.10. The smallest absolute Gasteiger partial charge is 0.142 e. The number of ether oxygens (including phenoxy) is 1. The van der Waals surface area contributed by atoms with Gasteiger partial charge in [0.15, 0.2) is 0 Å². The Balaban J connectivity index is 1.97. The molecule has 0 amide bonds. The van der Waals surface area contributed by atoms with Gasteiger partial charge in [0.25, 0.3) is 0 Å². The third-order valence-corrected chi connectivity index (χ3v) is 5.93. The predicted molar refractivity (Wildman–Crippen MR) is 101 cm³/mol. The number of nitrogen functional groups attached to an aromatic ring is 1. The molecule has 0 aliphatic rings. The van der Waals surface area contributed by atoms with E-state index in [4.69, 9.17) is 10.5 Å². The molecule has 5 nitrogen and oxygen atoms in total. The van der Waals surface area contributed by atoms with Crippen molar-refractivity contribution in [2.45, 2.75) is 32.4 Å². The van der Waals surface area contributed by atoms with Crippen molar-refractivity contribution in [3.8, 4) is 0 Å². The molecule has 0 aliphatic heterocycles. The molecule has 2 N–H and O–H groups in total. The molecule has 0 spiro atoms. The van der Waals surface area contributed by atoms with Crippen molar-refractivity contribution in [3.63, 3.8) is 0 Å². The van der Waals surface area contributed by atoms with Crippen LogP contribution in [-0.4, -0.2) is 29.2 Å². The van der Waals surface area contributed by atoms with Gasteiger partial charge in [-0.2, -0.15) is 0 Å². The van der Waals surface area contributed by atoms with Crippen molar-refractivity contribution in [1.29, 1.82) is 0 Å². The van der Waals surface area contributed by atoms with E-state index < -0.39 is 8.07 Å². The van der Waals surface area contributed by atoms with Crippen molar-refractivity contribution in [1.82, 2.24) is 14.5 Å². The Morgan fingerprint density at radius 3 is 2.70 bits per heavy atom. The summed E-state index contributed by atoms with van der Waals surface area (Å²) in [5.41, 5.74) is 7.74. The van der Waals surface area contributed by atoms with E-state index in [9.17, 15) is 0 Å². The number of anilines is 1. The first kappa shape index (κ1) is 16.4. The van der Waals surface area contributed by atoms with Crippen LogP contribution in [0.25, 0.3) is 21.9 Å². The Kier molecular flexibility index (Phi) is 4.44. The number of nitrogens with zero attached hydrogens (tertiary/aromatic N) is 3. The van der Waals surface area contributed by atoms with Gasteiger partial charge in [-0.1, -0.05) is 19.6 Å². The average Bonchev–Trinajstić information content (AvgIpc) is 2.75. The summed E-state index contributed by atoms with van der Waals surface area (Å²) in [4.78, 5) is 8.77. The molecule has 3 aromatic rings. The lowest BCUT2D eigenvalue weighted by Crippen LogP contribution is -2.22. The first-order chi connectivity index (χ1) is 10.8. The molecule has 0 unspecified atom stereocenters. The van der Waals surface area contributed by atoms with Crippen LogP contribution >= 0.6 is 15.9 Å². The molecule has 3 aromatic heterocycles. The summed E-state index contributed by atoms with van der Waals surface area (Å²) in [6, 6.07) is 5.10. The summed E-state index contributed by atoms with van der Waals surface area (Å²) >= 11 is 3.49. The fraction of sp³-hybridized carbons (Fsp3) is 0.375. The lowest BCUT2D eigenvalue weighted by molar-refractivity contribution is 0.0925. The molecule has 3 heterocycles. The molecule has 0 atom stereocenters. The molecule has 122 valence electrons. The highest BCUT2D eigenvalue weighted by molar-refractivity contribution is 9.10. The molecule has 0 aliphatic carbocycles. The molecule has 0 fully saturated rings. The van der Waals surface area contributed by atoms with Crippen LogP contribution in [0.5, 0.6) is 0 Å². The molecule has 0 saturated carbocycles. The zero-order valence-electron chi connectivity index (χ0n) is 13.6. The summed E-state index contributed by atoms with van der Waals surface area (Å²) in [6.45, 7) is 8.30. The Morgan fingerprint density at radius 2 is 1.96 bits per heavy atom. The fourth-order valence-corrected chi connectivity index (χ4v) is 3.61. The van der Waals surface area contributed by atoms with Gasteiger partial charge in [0, 0.05) is 36.1 Å². The van der Waals surface area contributed by atoms with E-state index in [1.165, 1.54) is 0 Å². The van der Waals surface area contributed by atoms with Gasteiger partial charge in [0.2, 0.25) is 0 Å². The Labute approximate surface area is 145 Å². The van der Waals surface area contributed by atoms with Crippen LogP contribution < -0.4 is 5.73 Å². The Morgan fingerprint density at radius 1 is 1.17 bits per heavy atom. The molecule has 0 bridgehead atoms. The van der Waals surface area contributed by atoms with Crippen molar-refractivity contribution < 1.29 is 4.74 Å². The van der Waals surface area contributed by atoms with Gasteiger partial charge in [-0.3, -0.25) is 4.57 Å². The number of rotatable bonds is 5. The molecular formula is C16H21BrN4OSi. The normalized spacial score (nSPS) is 12.3. The van der Waals surface area contributed by atoms with Gasteiger partial charge < -0.3 is 10.5 Å². The highest BCUT2D eigenvalue weighted by Crippen LogP contribution is 2.30. The van der Waals surface area contributed by atoms with Gasteiger partial charge in [0.05, 0.1) is 11.7 Å². The fourth-order valence-electron chi connectivity index (χ4n) is 2.52. The number of halogens is 1. The van der Waals surface area contributed by atoms with E-state index in [0.717, 1.165) is 39.1 Å². The SMILES string of the molecule is C[Si](C)(C)CCOCn1c2cnc(N)cc2c2cc(Br)cnc21. The second-order valence-electron chi connectivity index (χ2n) is 6.93. The molecule has 0 radical (unpaired) electrons. The van der Waals surface area contributed by atoms with Crippen LogP contribution in [0.4, 0.5) is 5.82 Å². The second-order valence-corrected chi connectivity index (χ2v) is 13.5. The van der Waals surface area contributed by atoms with Gasteiger partial charge in [-0.05, 0) is 34.1 Å². The zero-order chi connectivity index (χ0) is 16.6. The van der Waals surface area contributed by atoms with Crippen molar-refractivity contribution in [2.75, 3.05) is 12.3 Å². The third-order valence-electron chi connectivity index (χ3n) is 3.79. The number of pyridine rings is 2. The summed E-state index contributed by atoms with van der Waals surface area (Å²) < 4.78 is 8.92. The molecule has 0 saturated heterocycles. The molecular weight excluding hydrogens is 372 g/mol. The lowest BCUT2D eigenvalue weighted by atomic mass is 10.2. The highest BCUT2D eigenvalue weighted by Gasteiger charge is 2.15. The first-order valence-electron chi connectivity index (χ1n) is 7.62. The third kappa shape index (κ3) is 3.57. The van der Waals surface area contributed by atoms with Gasteiger partial charge in [-0.25, -0.2) is 9.97 Å². The molecule has 7 heteroatoms. The largest absolute Gasteiger partial charge is 0.384 e. The van der Waals surface area contributed by atoms with Crippen LogP contribution in [0.3, 0.4) is 0 Å². The standard InChI is InChI=1S/C16H21BrN4OSi/c1-23(2,3)5-4-22-10-21-14-9-19-15(18)7-12(14)13-6-11(17)8-20-16(13)21/h6-9H,4-5,10H2,1-3H3,(H2,18,19). The van der Waals surface area contributed by atoms with Crippen LogP contribution in [0.2, 0.25) is 25.7 Å². The average molecular weight is 393 g/mol. The Hall–Kier alpha value is -1.44. The van der Waals surface area contributed by atoms with Crippen LogP contribution in [0.15, 0.2) is 29.0 Å². The second kappa shape index (κ2) is 6.22. The van der Waals surface area contributed by atoms with Crippen LogP contribution in [0.1, 0.15) is 0 Å². The minimum atomic E-state index is -1.09. The maximum atomic E-state index is 5.92. The molecule has 0 aromatic carbocycles. The monoisotopic (exact) mass is 392 g/mol. The Bertz CT molecular complexity index is 797. The highest BCUT2D eigenvalue weighted by atomic mass is 79.9. The van der Waals surface area contributed by atoms with Crippen molar-refractivity contribution in [2.24, 2.45) is 0 Å². The van der Waals surface area contributed by atoms with Gasteiger partial charge >= 0.3 is 0 Å².